The standard InChI is InChI=1S/C11H10N2O/c1-8-11(13-7-12-8)10-4-2-9(6-14)3-5-10/h2-7H,1H3,(H,12,13). The topological polar surface area (TPSA) is 45.8 Å². The summed E-state index contributed by atoms with van der Waals surface area (Å²) in [6.07, 6.45) is 2.50. The molecule has 0 radical (unpaired) electrons. The highest BCUT2D eigenvalue weighted by atomic mass is 16.1. The van der Waals surface area contributed by atoms with Crippen LogP contribution < -0.4 is 0 Å². The first-order chi connectivity index (χ1) is 6.81. The molecule has 0 aliphatic carbocycles. The number of benzene rings is 1. The number of hydrogen-bond donors (Lipinski definition) is 1. The molecule has 3 nitrogen and oxygen atoms in total. The van der Waals surface area contributed by atoms with Gasteiger partial charge in [0.25, 0.3) is 0 Å². The summed E-state index contributed by atoms with van der Waals surface area (Å²) in [7, 11) is 0. The van der Waals surface area contributed by atoms with Gasteiger partial charge in [-0.05, 0) is 6.92 Å². The van der Waals surface area contributed by atoms with Crippen LogP contribution in [-0.2, 0) is 0 Å². The number of imidazole rings is 1. The molecule has 0 spiro atoms. The average Bonchev–Trinajstić information content (AvgIpc) is 2.65. The highest BCUT2D eigenvalue weighted by molar-refractivity contribution is 5.76. The summed E-state index contributed by atoms with van der Waals surface area (Å²) in [5.74, 6) is 0. The first kappa shape index (κ1) is 8.69. The third kappa shape index (κ3) is 1.44. The maximum absolute atomic E-state index is 10.4. The maximum atomic E-state index is 10.4. The SMILES string of the molecule is Cc1[nH]cnc1-c1ccc(C=O)cc1. The third-order valence-electron chi connectivity index (χ3n) is 2.15. The second kappa shape index (κ2) is 3.46. The Balaban J connectivity index is 2.43. The molecule has 0 atom stereocenters. The number of nitrogens with one attached hydrogen (secondary N) is 1. The van der Waals surface area contributed by atoms with Crippen molar-refractivity contribution in [3.8, 4) is 11.3 Å². The van der Waals surface area contributed by atoms with Crippen LogP contribution in [-0.4, -0.2) is 16.3 Å². The number of aryl methyl sites for hydroxylation is 1. The van der Waals surface area contributed by atoms with E-state index in [0.717, 1.165) is 23.2 Å². The lowest BCUT2D eigenvalue weighted by Gasteiger charge is -1.98. The molecule has 2 rings (SSSR count). The van der Waals surface area contributed by atoms with E-state index in [1.165, 1.54) is 0 Å². The van der Waals surface area contributed by atoms with Gasteiger partial charge in [0.1, 0.15) is 6.29 Å². The molecule has 70 valence electrons. The molecule has 1 aromatic heterocycles. The van der Waals surface area contributed by atoms with E-state index < -0.39 is 0 Å². The number of aromatic amines is 1. The van der Waals surface area contributed by atoms with Crippen molar-refractivity contribution in [2.24, 2.45) is 0 Å². The van der Waals surface area contributed by atoms with Crippen molar-refractivity contribution in [2.75, 3.05) is 0 Å². The van der Waals surface area contributed by atoms with E-state index in [0.29, 0.717) is 5.56 Å². The van der Waals surface area contributed by atoms with Crippen LogP contribution in [0.1, 0.15) is 16.1 Å². The molecule has 1 aromatic carbocycles. The Morgan fingerprint density at radius 2 is 2.00 bits per heavy atom. The zero-order valence-corrected chi connectivity index (χ0v) is 7.82. The van der Waals surface area contributed by atoms with Crippen molar-refractivity contribution in [2.45, 2.75) is 6.92 Å². The molecular weight excluding hydrogens is 176 g/mol. The monoisotopic (exact) mass is 186 g/mol. The molecule has 0 amide bonds. The Hall–Kier alpha value is -1.90. The largest absolute Gasteiger partial charge is 0.348 e. The van der Waals surface area contributed by atoms with Crippen LogP contribution in [0, 0.1) is 6.92 Å². The quantitative estimate of drug-likeness (QED) is 0.731. The number of carbonyl (C=O) groups excluding carboxylic acids is 1. The second-order valence-corrected chi connectivity index (χ2v) is 3.12. The molecule has 3 heteroatoms. The van der Waals surface area contributed by atoms with Crippen LogP contribution in [0.3, 0.4) is 0 Å². The Labute approximate surface area is 81.8 Å². The van der Waals surface area contributed by atoms with Crippen molar-refractivity contribution < 1.29 is 4.79 Å². The Bertz CT molecular complexity index is 443. The lowest BCUT2D eigenvalue weighted by molar-refractivity contribution is 0.112. The molecule has 0 aliphatic heterocycles. The van der Waals surface area contributed by atoms with Gasteiger partial charge >= 0.3 is 0 Å². The molecular formula is C11H10N2O. The van der Waals surface area contributed by atoms with Crippen LogP contribution in [0.15, 0.2) is 30.6 Å². The maximum Gasteiger partial charge on any atom is 0.150 e. The summed E-state index contributed by atoms with van der Waals surface area (Å²) < 4.78 is 0. The minimum Gasteiger partial charge on any atom is -0.348 e. The van der Waals surface area contributed by atoms with Crippen molar-refractivity contribution in [3.63, 3.8) is 0 Å². The Kier molecular flexibility index (Phi) is 2.14. The summed E-state index contributed by atoms with van der Waals surface area (Å²) in [4.78, 5) is 17.7. The minimum absolute atomic E-state index is 0.682. The zero-order valence-electron chi connectivity index (χ0n) is 7.82. The summed E-state index contributed by atoms with van der Waals surface area (Å²) in [6.45, 7) is 1.97. The second-order valence-electron chi connectivity index (χ2n) is 3.12. The van der Waals surface area contributed by atoms with Crippen LogP contribution >= 0.6 is 0 Å². The summed E-state index contributed by atoms with van der Waals surface area (Å²) in [6, 6.07) is 7.37. The molecule has 2 aromatic rings. The van der Waals surface area contributed by atoms with Gasteiger partial charge in [-0.1, -0.05) is 24.3 Å². The smallest absolute Gasteiger partial charge is 0.150 e. The van der Waals surface area contributed by atoms with E-state index in [9.17, 15) is 4.79 Å². The van der Waals surface area contributed by atoms with E-state index in [1.54, 1.807) is 18.5 Å². The minimum atomic E-state index is 0.682. The number of aromatic nitrogens is 2. The highest BCUT2D eigenvalue weighted by Gasteiger charge is 2.03. The van der Waals surface area contributed by atoms with E-state index >= 15 is 0 Å². The van der Waals surface area contributed by atoms with Gasteiger partial charge in [0.05, 0.1) is 12.0 Å². The molecule has 14 heavy (non-hydrogen) atoms. The van der Waals surface area contributed by atoms with Gasteiger partial charge in [-0.25, -0.2) is 4.98 Å². The number of carbonyl (C=O) groups is 1. The first-order valence-corrected chi connectivity index (χ1v) is 4.37. The molecule has 0 aliphatic rings. The van der Waals surface area contributed by atoms with Gasteiger partial charge < -0.3 is 4.98 Å². The van der Waals surface area contributed by atoms with Crippen molar-refractivity contribution in [1.29, 1.82) is 0 Å². The Morgan fingerprint density at radius 3 is 2.50 bits per heavy atom. The normalized spacial score (nSPS) is 10.1. The van der Waals surface area contributed by atoms with Crippen LogP contribution in [0.4, 0.5) is 0 Å². The van der Waals surface area contributed by atoms with Crippen LogP contribution in [0.5, 0.6) is 0 Å². The van der Waals surface area contributed by atoms with Gasteiger partial charge in [0, 0.05) is 16.8 Å². The first-order valence-electron chi connectivity index (χ1n) is 4.37. The van der Waals surface area contributed by atoms with E-state index in [4.69, 9.17) is 0 Å². The zero-order chi connectivity index (χ0) is 9.97. The molecule has 1 heterocycles. The van der Waals surface area contributed by atoms with Crippen molar-refractivity contribution in [1.82, 2.24) is 9.97 Å². The van der Waals surface area contributed by atoms with E-state index in [-0.39, 0.29) is 0 Å². The average molecular weight is 186 g/mol. The molecule has 0 saturated heterocycles. The lowest BCUT2D eigenvalue weighted by Crippen LogP contribution is -1.83. The van der Waals surface area contributed by atoms with Gasteiger partial charge in [-0.15, -0.1) is 0 Å². The summed E-state index contributed by atoms with van der Waals surface area (Å²) in [5, 5.41) is 0. The lowest BCUT2D eigenvalue weighted by atomic mass is 10.1. The fraction of sp³-hybridized carbons (Fsp3) is 0.0909. The molecule has 1 N–H and O–H groups in total. The number of aldehydes is 1. The summed E-state index contributed by atoms with van der Waals surface area (Å²) in [5.41, 5.74) is 3.67. The third-order valence-corrected chi connectivity index (χ3v) is 2.15. The molecule has 0 fully saturated rings. The van der Waals surface area contributed by atoms with Gasteiger partial charge in [-0.3, -0.25) is 4.79 Å². The fourth-order valence-corrected chi connectivity index (χ4v) is 1.37. The van der Waals surface area contributed by atoms with Gasteiger partial charge in [0.2, 0.25) is 0 Å². The number of rotatable bonds is 2. The van der Waals surface area contributed by atoms with Crippen LogP contribution in [0.2, 0.25) is 0 Å². The number of H-pyrrole nitrogens is 1. The van der Waals surface area contributed by atoms with Crippen LogP contribution in [0.25, 0.3) is 11.3 Å². The predicted octanol–water partition coefficient (Wildman–Crippen LogP) is 2.20. The van der Waals surface area contributed by atoms with Crippen molar-refractivity contribution >= 4 is 6.29 Å². The van der Waals surface area contributed by atoms with Crippen molar-refractivity contribution in [3.05, 3.63) is 41.9 Å². The molecule has 0 unspecified atom stereocenters. The fourth-order valence-electron chi connectivity index (χ4n) is 1.37. The predicted molar refractivity (Wildman–Crippen MR) is 54.1 cm³/mol. The van der Waals surface area contributed by atoms with Gasteiger partial charge in [-0.2, -0.15) is 0 Å². The molecule has 0 saturated carbocycles. The Morgan fingerprint density at radius 1 is 1.29 bits per heavy atom. The summed E-state index contributed by atoms with van der Waals surface area (Å²) >= 11 is 0. The van der Waals surface area contributed by atoms with E-state index in [1.807, 2.05) is 19.1 Å². The number of nitrogens with zero attached hydrogens (tertiary/aromatic N) is 1. The molecule has 0 bridgehead atoms. The number of hydrogen-bond acceptors (Lipinski definition) is 2. The van der Waals surface area contributed by atoms with Gasteiger partial charge in [0.15, 0.2) is 0 Å². The van der Waals surface area contributed by atoms with E-state index in [2.05, 4.69) is 9.97 Å². The highest BCUT2D eigenvalue weighted by Crippen LogP contribution is 2.19.